The molecule has 1 aromatic carbocycles. The zero-order valence-electron chi connectivity index (χ0n) is 15.8. The first-order chi connectivity index (χ1) is 13.5. The van der Waals surface area contributed by atoms with E-state index in [1.165, 1.54) is 0 Å². The van der Waals surface area contributed by atoms with Crippen LogP contribution in [-0.2, 0) is 0 Å². The Morgan fingerprint density at radius 1 is 1.25 bits per heavy atom. The third-order valence-electron chi connectivity index (χ3n) is 5.19. The highest BCUT2D eigenvalue weighted by atomic mass is 16.4. The van der Waals surface area contributed by atoms with Gasteiger partial charge in [0.2, 0.25) is 0 Å². The molecule has 2 aromatic rings. The highest BCUT2D eigenvalue weighted by Gasteiger charge is 2.33. The maximum Gasteiger partial charge on any atom is 0.289 e. The topological polar surface area (TPSA) is 69.6 Å². The molecule has 0 spiro atoms. The molecule has 1 fully saturated rings. The summed E-state index contributed by atoms with van der Waals surface area (Å²) in [6, 6.07) is 11.2. The minimum atomic E-state index is -0.0924. The first-order valence-electron chi connectivity index (χ1n) is 9.20. The van der Waals surface area contributed by atoms with Crippen LogP contribution in [0.3, 0.4) is 0 Å². The van der Waals surface area contributed by atoms with E-state index in [9.17, 15) is 4.79 Å². The lowest BCUT2D eigenvalue weighted by molar-refractivity contribution is 0.0730. The van der Waals surface area contributed by atoms with Crippen molar-refractivity contribution in [2.75, 3.05) is 13.1 Å². The zero-order valence-corrected chi connectivity index (χ0v) is 15.8. The molecule has 2 aliphatic heterocycles. The van der Waals surface area contributed by atoms with E-state index in [0.717, 1.165) is 34.6 Å². The van der Waals surface area contributed by atoms with E-state index in [2.05, 4.69) is 22.9 Å². The molecule has 1 amide bonds. The van der Waals surface area contributed by atoms with E-state index < -0.39 is 0 Å². The average Bonchev–Trinajstić information content (AvgIpc) is 3.28. The van der Waals surface area contributed by atoms with Gasteiger partial charge in [-0.25, -0.2) is 0 Å². The number of hydrogen-bond acceptors (Lipinski definition) is 4. The van der Waals surface area contributed by atoms with Gasteiger partial charge >= 0.3 is 0 Å². The van der Waals surface area contributed by atoms with Crippen LogP contribution in [0.2, 0.25) is 0 Å². The maximum atomic E-state index is 12.7. The van der Waals surface area contributed by atoms with Gasteiger partial charge in [-0.1, -0.05) is 17.9 Å². The first kappa shape index (κ1) is 17.8. The molecule has 1 aromatic heterocycles. The predicted molar refractivity (Wildman–Crippen MR) is 106 cm³/mol. The number of benzene rings is 1. The van der Waals surface area contributed by atoms with Gasteiger partial charge in [0.1, 0.15) is 5.76 Å². The predicted octanol–water partition coefficient (Wildman–Crippen LogP) is 3.62. The third-order valence-corrected chi connectivity index (χ3v) is 5.19. The number of piperidine rings is 1. The molecule has 1 atom stereocenters. The first-order valence-corrected chi connectivity index (χ1v) is 9.20. The van der Waals surface area contributed by atoms with E-state index >= 15 is 0 Å². The zero-order chi connectivity index (χ0) is 19.7. The van der Waals surface area contributed by atoms with Gasteiger partial charge in [0.15, 0.2) is 5.76 Å². The summed E-state index contributed by atoms with van der Waals surface area (Å²) in [4.78, 5) is 19.0. The van der Waals surface area contributed by atoms with Gasteiger partial charge in [-0.2, -0.15) is 5.26 Å². The summed E-state index contributed by atoms with van der Waals surface area (Å²) in [6.07, 6.45) is 2.60. The number of allylic oxidation sites excluding steroid dienone is 1. The van der Waals surface area contributed by atoms with Gasteiger partial charge in [-0.05, 0) is 50.1 Å². The molecule has 1 saturated heterocycles. The number of furan rings is 1. The van der Waals surface area contributed by atoms with Crippen molar-refractivity contribution in [2.24, 2.45) is 10.9 Å². The Morgan fingerprint density at radius 3 is 2.82 bits per heavy atom. The normalized spacial score (nSPS) is 17.8. The second-order valence-corrected chi connectivity index (χ2v) is 7.07. The summed E-state index contributed by atoms with van der Waals surface area (Å²) in [5, 5.41) is 9.00. The van der Waals surface area contributed by atoms with Gasteiger partial charge in [0.05, 0.1) is 18.2 Å². The quantitative estimate of drug-likeness (QED) is 0.721. The molecule has 28 heavy (non-hydrogen) atoms. The Bertz CT molecular complexity index is 1100. The molecule has 3 heterocycles. The summed E-state index contributed by atoms with van der Waals surface area (Å²) in [5.41, 5.74) is 4.32. The molecule has 4 rings (SSSR count). The van der Waals surface area contributed by atoms with Crippen LogP contribution in [0.4, 0.5) is 0 Å². The molecule has 0 aliphatic carbocycles. The third kappa shape index (κ3) is 3.35. The minimum absolute atomic E-state index is 0.0924. The van der Waals surface area contributed by atoms with E-state index in [1.54, 1.807) is 29.3 Å². The Hall–Kier alpha value is -3.57. The standard InChI is InChI=1S/C23H19N3O2/c1-15-10-22(28-16(15)2)23(27)26-9-8-20-19(13-25-21(20)14-26)7-6-17-4-3-5-18(11-17)12-24/h3-5,10-11,13,20H,8-9,14H2,1-2H3. The number of carbonyl (C=O) groups is 1. The molecule has 138 valence electrons. The highest BCUT2D eigenvalue weighted by molar-refractivity contribution is 6.00. The number of carbonyl (C=O) groups excluding carboxylic acids is 1. The van der Waals surface area contributed by atoms with Gasteiger partial charge in [0, 0.05) is 35.5 Å². The van der Waals surface area contributed by atoms with Crippen LogP contribution in [0, 0.1) is 42.9 Å². The number of likely N-dealkylation sites (tertiary alicyclic amines) is 1. The minimum Gasteiger partial charge on any atom is -0.456 e. The van der Waals surface area contributed by atoms with Crippen LogP contribution in [-0.4, -0.2) is 29.6 Å². The molecule has 0 saturated carbocycles. The van der Waals surface area contributed by atoms with Gasteiger partial charge < -0.3 is 9.32 Å². The Kier molecular flexibility index (Phi) is 4.59. The lowest BCUT2D eigenvalue weighted by Gasteiger charge is -2.30. The number of hydrogen-bond donors (Lipinski definition) is 0. The van der Waals surface area contributed by atoms with Crippen LogP contribution in [0.1, 0.15) is 39.4 Å². The summed E-state index contributed by atoms with van der Waals surface area (Å²) in [5.74, 6) is 7.56. The fourth-order valence-electron chi connectivity index (χ4n) is 3.48. The summed E-state index contributed by atoms with van der Waals surface area (Å²) < 4.78 is 5.58. The van der Waals surface area contributed by atoms with Gasteiger partial charge in [-0.15, -0.1) is 0 Å². The Balaban J connectivity index is 1.44. The van der Waals surface area contributed by atoms with Crippen molar-refractivity contribution in [1.82, 2.24) is 4.90 Å². The fourth-order valence-corrected chi connectivity index (χ4v) is 3.48. The summed E-state index contributed by atoms with van der Waals surface area (Å²) >= 11 is 0. The summed E-state index contributed by atoms with van der Waals surface area (Å²) in [7, 11) is 0. The van der Waals surface area contributed by atoms with Crippen LogP contribution >= 0.6 is 0 Å². The van der Waals surface area contributed by atoms with Crippen molar-refractivity contribution in [3.8, 4) is 17.9 Å². The van der Waals surface area contributed by atoms with Crippen molar-refractivity contribution in [1.29, 1.82) is 5.26 Å². The molecule has 5 nitrogen and oxygen atoms in total. The number of rotatable bonds is 1. The van der Waals surface area contributed by atoms with Crippen molar-refractivity contribution in [2.45, 2.75) is 20.3 Å². The molecule has 0 radical (unpaired) electrons. The van der Waals surface area contributed by atoms with Crippen LogP contribution in [0.15, 0.2) is 51.5 Å². The monoisotopic (exact) mass is 369 g/mol. The molecule has 0 N–H and O–H groups in total. The van der Waals surface area contributed by atoms with Crippen molar-refractivity contribution < 1.29 is 9.21 Å². The second-order valence-electron chi connectivity index (χ2n) is 7.07. The van der Waals surface area contributed by atoms with Crippen molar-refractivity contribution >= 4 is 11.6 Å². The Morgan fingerprint density at radius 2 is 2.07 bits per heavy atom. The van der Waals surface area contributed by atoms with Gasteiger partial charge in [-0.3, -0.25) is 9.79 Å². The van der Waals surface area contributed by atoms with Crippen molar-refractivity contribution in [3.05, 3.63) is 70.3 Å². The molecular weight excluding hydrogens is 350 g/mol. The molecular formula is C23H19N3O2. The van der Waals surface area contributed by atoms with Crippen LogP contribution < -0.4 is 0 Å². The Labute approximate surface area is 164 Å². The number of aryl methyl sites for hydroxylation is 2. The fraction of sp³-hybridized carbons (Fsp3) is 0.261. The average molecular weight is 369 g/mol. The smallest absolute Gasteiger partial charge is 0.289 e. The molecule has 5 heteroatoms. The highest BCUT2D eigenvalue weighted by Crippen LogP contribution is 2.28. The van der Waals surface area contributed by atoms with Crippen molar-refractivity contribution in [3.63, 3.8) is 0 Å². The second kappa shape index (κ2) is 7.21. The van der Waals surface area contributed by atoms with Crippen LogP contribution in [0.25, 0.3) is 0 Å². The number of fused-ring (bicyclic) bond motifs is 1. The number of amides is 1. The lowest BCUT2D eigenvalue weighted by Crippen LogP contribution is -2.43. The van der Waals surface area contributed by atoms with Crippen LogP contribution in [0.5, 0.6) is 0 Å². The molecule has 1 unspecified atom stereocenters. The number of nitrogens with zero attached hydrogens (tertiary/aromatic N) is 3. The summed E-state index contributed by atoms with van der Waals surface area (Å²) in [6.45, 7) is 4.93. The van der Waals surface area contributed by atoms with E-state index in [4.69, 9.17) is 9.68 Å². The van der Waals surface area contributed by atoms with Gasteiger partial charge in [0.25, 0.3) is 5.91 Å². The van der Waals surface area contributed by atoms with E-state index in [1.807, 2.05) is 26.0 Å². The number of aliphatic imine (C=N–C) groups is 1. The maximum absolute atomic E-state index is 12.7. The largest absolute Gasteiger partial charge is 0.456 e. The van der Waals surface area contributed by atoms with E-state index in [0.29, 0.717) is 24.4 Å². The number of nitriles is 1. The van der Waals surface area contributed by atoms with E-state index in [-0.39, 0.29) is 11.8 Å². The molecule has 2 aliphatic rings. The molecule has 0 bridgehead atoms. The SMILES string of the molecule is Cc1cc(C(=O)N2CCC3C(C#Cc4cccc(C#N)c4)=CN=C3C2)oc1C. The lowest BCUT2D eigenvalue weighted by atomic mass is 9.89.